The summed E-state index contributed by atoms with van der Waals surface area (Å²) in [7, 11) is 0. The molecule has 1 atom stereocenters. The van der Waals surface area contributed by atoms with Gasteiger partial charge in [0.15, 0.2) is 0 Å². The number of hydrogen-bond acceptors (Lipinski definition) is 5. The van der Waals surface area contributed by atoms with E-state index in [1.807, 2.05) is 0 Å². The van der Waals surface area contributed by atoms with Crippen molar-refractivity contribution in [1.82, 2.24) is 0 Å². The molecule has 0 fully saturated rings. The van der Waals surface area contributed by atoms with E-state index in [0.717, 1.165) is 0 Å². The molecule has 5 nitrogen and oxygen atoms in total. The Bertz CT molecular complexity index is 213. The fourth-order valence-corrected chi connectivity index (χ4v) is 0.506. The van der Waals surface area contributed by atoms with E-state index in [-0.39, 0.29) is 11.8 Å². The third-order valence-corrected chi connectivity index (χ3v) is 1.67. The lowest BCUT2D eigenvalue weighted by Gasteiger charge is -2.12. The molecule has 0 rings (SSSR count). The highest BCUT2D eigenvalue weighted by atomic mass is 17.2. The van der Waals surface area contributed by atoms with Crippen molar-refractivity contribution in [2.75, 3.05) is 0 Å². The van der Waals surface area contributed by atoms with Gasteiger partial charge in [-0.3, -0.25) is 0 Å². The molecule has 0 bridgehead atoms. The van der Waals surface area contributed by atoms with Gasteiger partial charge in [-0.05, 0) is 5.92 Å². The van der Waals surface area contributed by atoms with Crippen LogP contribution in [0.2, 0.25) is 0 Å². The maximum absolute atomic E-state index is 11.1. The van der Waals surface area contributed by atoms with Crippen LogP contribution in [0.25, 0.3) is 0 Å². The van der Waals surface area contributed by atoms with Crippen LogP contribution in [-0.2, 0) is 19.4 Å². The predicted octanol–water partition coefficient (Wildman–Crippen LogP) is 0.627. The molecule has 0 aromatic rings. The second-order valence-electron chi connectivity index (χ2n) is 3.73. The van der Waals surface area contributed by atoms with Crippen LogP contribution in [-0.4, -0.2) is 18.0 Å². The minimum atomic E-state index is -0.769. The zero-order valence-electron chi connectivity index (χ0n) is 8.94. The minimum Gasteiger partial charge on any atom is -0.318 e. The maximum Gasteiger partial charge on any atom is 0.372 e. The first kappa shape index (κ1) is 12.9. The van der Waals surface area contributed by atoms with E-state index in [1.165, 1.54) is 0 Å². The molecule has 2 N–H and O–H groups in total. The molecule has 0 aliphatic heterocycles. The number of hydrogen-bond donors (Lipinski definition) is 1. The van der Waals surface area contributed by atoms with Gasteiger partial charge in [0.2, 0.25) is 0 Å². The van der Waals surface area contributed by atoms with Gasteiger partial charge in [-0.2, -0.15) is 0 Å². The lowest BCUT2D eigenvalue weighted by Crippen LogP contribution is -2.37. The molecule has 14 heavy (non-hydrogen) atoms. The second-order valence-corrected chi connectivity index (χ2v) is 3.73. The van der Waals surface area contributed by atoms with E-state index in [4.69, 9.17) is 5.73 Å². The van der Waals surface area contributed by atoms with Crippen LogP contribution in [0.3, 0.4) is 0 Å². The van der Waals surface area contributed by atoms with Gasteiger partial charge in [-0.25, -0.2) is 19.4 Å². The van der Waals surface area contributed by atoms with E-state index in [9.17, 15) is 9.59 Å². The Morgan fingerprint density at radius 3 is 1.79 bits per heavy atom. The normalized spacial score (nSPS) is 12.8. The van der Waals surface area contributed by atoms with E-state index in [0.29, 0.717) is 0 Å². The molecule has 0 radical (unpaired) electrons. The van der Waals surface area contributed by atoms with Crippen LogP contribution >= 0.6 is 0 Å². The third kappa shape index (κ3) is 4.23. The number of rotatable bonds is 3. The van der Waals surface area contributed by atoms with Gasteiger partial charge in [0, 0.05) is 0 Å². The Morgan fingerprint density at radius 1 is 1.00 bits per heavy atom. The summed E-state index contributed by atoms with van der Waals surface area (Å²) in [5.74, 6) is -1.71. The highest BCUT2D eigenvalue weighted by Crippen LogP contribution is 2.02. The van der Waals surface area contributed by atoms with Gasteiger partial charge in [0.1, 0.15) is 6.04 Å². The third-order valence-electron chi connectivity index (χ3n) is 1.67. The molecular weight excluding hydrogens is 186 g/mol. The standard InChI is InChI=1S/C9H17NO4/c1-5(2)7(10)9(12)14-13-8(11)6(3)4/h5-7H,10H2,1-4H3. The van der Waals surface area contributed by atoms with Crippen molar-refractivity contribution in [3.05, 3.63) is 0 Å². The van der Waals surface area contributed by atoms with Crippen molar-refractivity contribution in [2.24, 2.45) is 17.6 Å². The van der Waals surface area contributed by atoms with Gasteiger partial charge < -0.3 is 5.73 Å². The maximum atomic E-state index is 11.1. The molecule has 0 aromatic heterocycles. The van der Waals surface area contributed by atoms with Crippen molar-refractivity contribution in [3.63, 3.8) is 0 Å². The average molecular weight is 203 g/mol. The van der Waals surface area contributed by atoms with E-state index in [2.05, 4.69) is 9.78 Å². The molecule has 0 spiro atoms. The largest absolute Gasteiger partial charge is 0.372 e. The predicted molar refractivity (Wildman–Crippen MR) is 49.8 cm³/mol. The Balaban J connectivity index is 3.91. The monoisotopic (exact) mass is 203 g/mol. The minimum absolute atomic E-state index is 0.0553. The van der Waals surface area contributed by atoms with Crippen LogP contribution in [0.15, 0.2) is 0 Å². The summed E-state index contributed by atoms with van der Waals surface area (Å²) in [6.45, 7) is 6.82. The van der Waals surface area contributed by atoms with Crippen molar-refractivity contribution < 1.29 is 19.4 Å². The summed E-state index contributed by atoms with van der Waals surface area (Å²) in [6, 6.07) is -0.769. The van der Waals surface area contributed by atoms with Gasteiger partial charge >= 0.3 is 11.9 Å². The first-order valence-corrected chi connectivity index (χ1v) is 4.54. The average Bonchev–Trinajstić information content (AvgIpc) is 2.11. The molecular formula is C9H17NO4. The second kappa shape index (κ2) is 5.59. The van der Waals surface area contributed by atoms with Crippen molar-refractivity contribution >= 4 is 11.9 Å². The van der Waals surface area contributed by atoms with E-state index in [1.54, 1.807) is 27.7 Å². The Morgan fingerprint density at radius 2 is 1.43 bits per heavy atom. The molecule has 0 saturated heterocycles. The Kier molecular flexibility index (Phi) is 5.15. The van der Waals surface area contributed by atoms with E-state index < -0.39 is 18.0 Å². The molecule has 0 heterocycles. The molecule has 0 aliphatic carbocycles. The molecule has 0 aliphatic rings. The number of carbonyl (C=O) groups excluding carboxylic acids is 2. The lowest BCUT2D eigenvalue weighted by atomic mass is 10.1. The fraction of sp³-hybridized carbons (Fsp3) is 0.778. The van der Waals surface area contributed by atoms with Gasteiger partial charge in [0.05, 0.1) is 5.92 Å². The Hall–Kier alpha value is -1.10. The highest BCUT2D eigenvalue weighted by Gasteiger charge is 2.22. The van der Waals surface area contributed by atoms with Gasteiger partial charge in [-0.15, -0.1) is 0 Å². The zero-order valence-corrected chi connectivity index (χ0v) is 8.94. The fourth-order valence-electron chi connectivity index (χ4n) is 0.506. The van der Waals surface area contributed by atoms with Crippen LogP contribution < -0.4 is 5.73 Å². The van der Waals surface area contributed by atoms with E-state index >= 15 is 0 Å². The molecule has 5 heteroatoms. The Labute approximate surface area is 83.5 Å². The molecule has 82 valence electrons. The lowest BCUT2D eigenvalue weighted by molar-refractivity contribution is -0.263. The summed E-state index contributed by atoms with van der Waals surface area (Å²) in [6.07, 6.45) is 0. The van der Waals surface area contributed by atoms with Gasteiger partial charge in [0.25, 0.3) is 0 Å². The van der Waals surface area contributed by atoms with Crippen LogP contribution in [0, 0.1) is 11.8 Å². The summed E-state index contributed by atoms with van der Waals surface area (Å²) in [5.41, 5.74) is 5.46. The van der Waals surface area contributed by atoms with Crippen LogP contribution in [0.4, 0.5) is 0 Å². The quantitative estimate of drug-likeness (QED) is 0.537. The first-order chi connectivity index (χ1) is 6.36. The number of carbonyl (C=O) groups is 2. The van der Waals surface area contributed by atoms with Crippen LogP contribution in [0.1, 0.15) is 27.7 Å². The molecule has 0 saturated carbocycles. The topological polar surface area (TPSA) is 78.6 Å². The van der Waals surface area contributed by atoms with Gasteiger partial charge in [-0.1, -0.05) is 27.7 Å². The number of nitrogens with two attached hydrogens (primary N) is 1. The van der Waals surface area contributed by atoms with Crippen molar-refractivity contribution in [1.29, 1.82) is 0 Å². The summed E-state index contributed by atoms with van der Waals surface area (Å²) in [5, 5.41) is 0. The van der Waals surface area contributed by atoms with Crippen molar-refractivity contribution in [3.8, 4) is 0 Å². The van der Waals surface area contributed by atoms with Crippen molar-refractivity contribution in [2.45, 2.75) is 33.7 Å². The first-order valence-electron chi connectivity index (χ1n) is 4.54. The van der Waals surface area contributed by atoms with Crippen LogP contribution in [0.5, 0.6) is 0 Å². The molecule has 0 amide bonds. The SMILES string of the molecule is CC(C)C(=O)OOC(=O)C(N)C(C)C. The molecule has 0 aromatic carbocycles. The smallest absolute Gasteiger partial charge is 0.318 e. The highest BCUT2D eigenvalue weighted by molar-refractivity contribution is 5.77. The molecule has 1 unspecified atom stereocenters. The summed E-state index contributed by atoms with van der Waals surface area (Å²) < 4.78 is 0. The summed E-state index contributed by atoms with van der Waals surface area (Å²) in [4.78, 5) is 30.5. The summed E-state index contributed by atoms with van der Waals surface area (Å²) >= 11 is 0. The zero-order chi connectivity index (χ0) is 11.3.